The topological polar surface area (TPSA) is 62.2 Å². The summed E-state index contributed by atoms with van der Waals surface area (Å²) < 4.78 is 0. The molecule has 0 aliphatic carbocycles. The molecule has 0 aromatic carbocycles. The number of pyridine rings is 1. The Morgan fingerprint density at radius 1 is 1.69 bits per heavy atom. The van der Waals surface area contributed by atoms with Crippen molar-refractivity contribution in [3.8, 4) is 0 Å². The Morgan fingerprint density at radius 3 is 3.00 bits per heavy atom. The zero-order chi connectivity index (χ0) is 9.26. The van der Waals surface area contributed by atoms with Crippen LogP contribution in [0.4, 0.5) is 0 Å². The van der Waals surface area contributed by atoms with E-state index < -0.39 is 5.97 Å². The molecule has 13 heavy (non-hydrogen) atoms. The summed E-state index contributed by atoms with van der Waals surface area (Å²) in [5, 5.41) is 12.0. The largest absolute Gasteiger partial charge is 0.478 e. The summed E-state index contributed by atoms with van der Waals surface area (Å²) in [5.74, 6) is -0.906. The first-order valence-electron chi connectivity index (χ1n) is 4.19. The molecule has 0 amide bonds. The monoisotopic (exact) mass is 178 g/mol. The van der Waals surface area contributed by atoms with Crippen molar-refractivity contribution in [3.63, 3.8) is 0 Å². The molecule has 1 unspecified atom stereocenters. The zero-order valence-electron chi connectivity index (χ0n) is 7.03. The second kappa shape index (κ2) is 3.14. The summed E-state index contributed by atoms with van der Waals surface area (Å²) >= 11 is 0. The van der Waals surface area contributed by atoms with Gasteiger partial charge in [0, 0.05) is 18.4 Å². The van der Waals surface area contributed by atoms with Crippen molar-refractivity contribution in [2.24, 2.45) is 0 Å². The van der Waals surface area contributed by atoms with Gasteiger partial charge in [-0.3, -0.25) is 4.98 Å². The number of hydrogen-bond acceptors (Lipinski definition) is 3. The van der Waals surface area contributed by atoms with Crippen LogP contribution in [0.3, 0.4) is 0 Å². The van der Waals surface area contributed by atoms with Gasteiger partial charge >= 0.3 is 5.97 Å². The van der Waals surface area contributed by atoms with Crippen molar-refractivity contribution in [2.75, 3.05) is 6.54 Å². The van der Waals surface area contributed by atoms with Crippen LogP contribution >= 0.6 is 0 Å². The van der Waals surface area contributed by atoms with E-state index in [4.69, 9.17) is 5.11 Å². The normalized spacial score (nSPS) is 20.8. The highest BCUT2D eigenvalue weighted by Crippen LogP contribution is 2.25. The third-order valence-corrected chi connectivity index (χ3v) is 2.28. The van der Waals surface area contributed by atoms with Crippen molar-refractivity contribution in [3.05, 3.63) is 29.6 Å². The van der Waals surface area contributed by atoms with E-state index >= 15 is 0 Å². The van der Waals surface area contributed by atoms with E-state index in [2.05, 4.69) is 10.3 Å². The van der Waals surface area contributed by atoms with E-state index in [-0.39, 0.29) is 6.04 Å². The van der Waals surface area contributed by atoms with Gasteiger partial charge < -0.3 is 10.4 Å². The average Bonchev–Trinajstić information content (AvgIpc) is 2.02. The fraction of sp³-hybridized carbons (Fsp3) is 0.333. The van der Waals surface area contributed by atoms with Gasteiger partial charge in [-0.2, -0.15) is 0 Å². The molecule has 1 aromatic heterocycles. The van der Waals surface area contributed by atoms with Crippen molar-refractivity contribution in [2.45, 2.75) is 12.5 Å². The number of aromatic carboxylic acids is 1. The Labute approximate surface area is 75.6 Å². The molecule has 4 nitrogen and oxygen atoms in total. The van der Waals surface area contributed by atoms with E-state index in [9.17, 15) is 4.79 Å². The Hall–Kier alpha value is -1.42. The number of rotatable bonds is 2. The maximum absolute atomic E-state index is 10.8. The number of carboxylic acid groups (broad SMARTS) is 1. The minimum atomic E-state index is -0.906. The van der Waals surface area contributed by atoms with Crippen LogP contribution in [0.15, 0.2) is 18.5 Å². The molecule has 1 atom stereocenters. The first kappa shape index (κ1) is 8.19. The predicted octanol–water partition coefficient (Wildman–Crippen LogP) is 0.814. The van der Waals surface area contributed by atoms with Gasteiger partial charge in [-0.1, -0.05) is 0 Å². The predicted molar refractivity (Wildman–Crippen MR) is 46.6 cm³/mol. The Bertz CT molecular complexity index is 334. The number of carbonyl (C=O) groups is 1. The van der Waals surface area contributed by atoms with Gasteiger partial charge in [-0.05, 0) is 24.6 Å². The van der Waals surface area contributed by atoms with Crippen LogP contribution in [-0.4, -0.2) is 22.6 Å². The summed E-state index contributed by atoms with van der Waals surface area (Å²) in [7, 11) is 0. The fourth-order valence-electron chi connectivity index (χ4n) is 1.44. The molecule has 0 saturated carbocycles. The number of aromatic nitrogens is 1. The zero-order valence-corrected chi connectivity index (χ0v) is 7.03. The third-order valence-electron chi connectivity index (χ3n) is 2.28. The van der Waals surface area contributed by atoms with Crippen LogP contribution in [0.25, 0.3) is 0 Å². The quantitative estimate of drug-likeness (QED) is 0.703. The standard InChI is InChI=1S/C9H10N2O2/c12-9(13)7-5-10-3-1-6(7)8-2-4-11-8/h1,3,5,8,11H,2,4H2,(H,12,13). The highest BCUT2D eigenvalue weighted by atomic mass is 16.4. The molecule has 4 heteroatoms. The van der Waals surface area contributed by atoms with Gasteiger partial charge in [-0.15, -0.1) is 0 Å². The van der Waals surface area contributed by atoms with Gasteiger partial charge in [0.1, 0.15) is 0 Å². The van der Waals surface area contributed by atoms with Gasteiger partial charge in [-0.25, -0.2) is 4.79 Å². The maximum Gasteiger partial charge on any atom is 0.337 e. The highest BCUT2D eigenvalue weighted by Gasteiger charge is 2.23. The lowest BCUT2D eigenvalue weighted by Gasteiger charge is -2.28. The van der Waals surface area contributed by atoms with Gasteiger partial charge in [0.05, 0.1) is 5.56 Å². The van der Waals surface area contributed by atoms with Crippen LogP contribution in [0, 0.1) is 0 Å². The lowest BCUT2D eigenvalue weighted by atomic mass is 9.95. The van der Waals surface area contributed by atoms with Gasteiger partial charge in [0.25, 0.3) is 0 Å². The molecule has 1 saturated heterocycles. The first-order chi connectivity index (χ1) is 6.29. The Morgan fingerprint density at radius 2 is 2.46 bits per heavy atom. The molecule has 0 spiro atoms. The summed E-state index contributed by atoms with van der Waals surface area (Å²) in [5.41, 5.74) is 1.15. The molecule has 1 aliphatic rings. The molecule has 0 bridgehead atoms. The smallest absolute Gasteiger partial charge is 0.337 e. The van der Waals surface area contributed by atoms with E-state index in [0.29, 0.717) is 5.56 Å². The minimum Gasteiger partial charge on any atom is -0.478 e. The summed E-state index contributed by atoms with van der Waals surface area (Å²) in [6.07, 6.45) is 4.03. The van der Waals surface area contributed by atoms with E-state index in [1.54, 1.807) is 12.3 Å². The molecular formula is C9H10N2O2. The molecule has 2 heterocycles. The molecule has 0 radical (unpaired) electrons. The summed E-state index contributed by atoms with van der Waals surface area (Å²) in [6, 6.07) is 1.97. The Balaban J connectivity index is 2.36. The molecule has 1 fully saturated rings. The molecular weight excluding hydrogens is 168 g/mol. The minimum absolute atomic E-state index is 0.203. The van der Waals surface area contributed by atoms with E-state index in [1.165, 1.54) is 6.20 Å². The summed E-state index contributed by atoms with van der Waals surface area (Å²) in [6.45, 7) is 0.964. The number of nitrogens with zero attached hydrogens (tertiary/aromatic N) is 1. The molecule has 1 aromatic rings. The van der Waals surface area contributed by atoms with Crippen LogP contribution < -0.4 is 5.32 Å². The average molecular weight is 178 g/mol. The second-order valence-electron chi connectivity index (χ2n) is 3.06. The van der Waals surface area contributed by atoms with Gasteiger partial charge in [0.2, 0.25) is 0 Å². The second-order valence-corrected chi connectivity index (χ2v) is 3.06. The van der Waals surface area contributed by atoms with Crippen molar-refractivity contribution >= 4 is 5.97 Å². The highest BCUT2D eigenvalue weighted by molar-refractivity contribution is 5.89. The van der Waals surface area contributed by atoms with Crippen LogP contribution in [0.2, 0.25) is 0 Å². The molecule has 2 rings (SSSR count). The SMILES string of the molecule is O=C(O)c1cnccc1C1CCN1. The number of nitrogens with one attached hydrogen (secondary N) is 1. The number of carboxylic acids is 1. The third kappa shape index (κ3) is 1.40. The van der Waals surface area contributed by atoms with Crippen molar-refractivity contribution < 1.29 is 9.90 Å². The lowest BCUT2D eigenvalue weighted by Crippen LogP contribution is -2.36. The van der Waals surface area contributed by atoms with Crippen molar-refractivity contribution in [1.29, 1.82) is 0 Å². The van der Waals surface area contributed by atoms with Crippen LogP contribution in [0.5, 0.6) is 0 Å². The van der Waals surface area contributed by atoms with Crippen LogP contribution in [-0.2, 0) is 0 Å². The van der Waals surface area contributed by atoms with Crippen molar-refractivity contribution in [1.82, 2.24) is 10.3 Å². The molecule has 68 valence electrons. The van der Waals surface area contributed by atoms with E-state index in [0.717, 1.165) is 18.5 Å². The lowest BCUT2D eigenvalue weighted by molar-refractivity contribution is 0.0693. The molecule has 1 aliphatic heterocycles. The molecule has 2 N–H and O–H groups in total. The maximum atomic E-state index is 10.8. The summed E-state index contributed by atoms with van der Waals surface area (Å²) in [4.78, 5) is 14.6. The van der Waals surface area contributed by atoms with Gasteiger partial charge in [0.15, 0.2) is 0 Å². The van der Waals surface area contributed by atoms with Crippen LogP contribution in [0.1, 0.15) is 28.4 Å². The number of hydrogen-bond donors (Lipinski definition) is 2. The van der Waals surface area contributed by atoms with E-state index in [1.807, 2.05) is 0 Å². The Kier molecular flexibility index (Phi) is 1.98. The fourth-order valence-corrected chi connectivity index (χ4v) is 1.44. The first-order valence-corrected chi connectivity index (χ1v) is 4.19.